The number of nitrogens with zero attached hydrogens (tertiary/aromatic N) is 1. The minimum absolute atomic E-state index is 0.172. The van der Waals surface area contributed by atoms with Crippen LogP contribution in [0.1, 0.15) is 51.3 Å². The molecule has 0 saturated carbocycles. The van der Waals surface area contributed by atoms with Crippen LogP contribution in [0.25, 0.3) is 6.08 Å². The van der Waals surface area contributed by atoms with Gasteiger partial charge in [-0.3, -0.25) is 14.4 Å². The molecule has 3 aliphatic heterocycles. The summed E-state index contributed by atoms with van der Waals surface area (Å²) in [6.45, 7) is 4.33. The van der Waals surface area contributed by atoms with Crippen molar-refractivity contribution in [2.24, 2.45) is 11.8 Å². The van der Waals surface area contributed by atoms with E-state index in [1.165, 1.54) is 0 Å². The predicted molar refractivity (Wildman–Crippen MR) is 166 cm³/mol. The Morgan fingerprint density at radius 2 is 1.48 bits per heavy atom. The molecule has 5 heteroatoms. The molecule has 0 aromatic heterocycles. The monoisotopic (exact) mass is 552 g/mol. The number of rotatable bonds is 6. The smallest absolute Gasteiger partial charge is 0.238 e. The van der Waals surface area contributed by atoms with Gasteiger partial charge in [-0.15, -0.1) is 0 Å². The van der Waals surface area contributed by atoms with E-state index in [4.69, 9.17) is 0 Å². The van der Waals surface area contributed by atoms with Crippen molar-refractivity contribution in [2.45, 2.75) is 37.8 Å². The summed E-state index contributed by atoms with van der Waals surface area (Å²) in [5.41, 5.74) is 4.11. The second-order valence-corrected chi connectivity index (χ2v) is 12.0. The Bertz CT molecular complexity index is 1740. The molecule has 1 fully saturated rings. The van der Waals surface area contributed by atoms with Crippen LogP contribution in [0.3, 0.4) is 0 Å². The third-order valence-corrected chi connectivity index (χ3v) is 9.03. The molecule has 1 saturated heterocycles. The molecule has 4 atom stereocenters. The molecule has 4 aromatic carbocycles. The number of hydrogen-bond donors (Lipinski definition) is 1. The Morgan fingerprint density at radius 3 is 2.24 bits per heavy atom. The number of hydrogen-bond acceptors (Lipinski definition) is 4. The van der Waals surface area contributed by atoms with Gasteiger partial charge in [-0.25, -0.2) is 0 Å². The van der Waals surface area contributed by atoms with Crippen molar-refractivity contribution in [3.63, 3.8) is 0 Å². The highest BCUT2D eigenvalue weighted by molar-refractivity contribution is 6.18. The Balaban J connectivity index is 1.48. The van der Waals surface area contributed by atoms with Crippen LogP contribution in [-0.2, 0) is 16.6 Å². The van der Waals surface area contributed by atoms with Gasteiger partial charge in [-0.05, 0) is 41.2 Å². The number of benzene rings is 4. The zero-order valence-electron chi connectivity index (χ0n) is 23.7. The summed E-state index contributed by atoms with van der Waals surface area (Å²) in [5.74, 6) is -1.10. The third kappa shape index (κ3) is 3.80. The van der Waals surface area contributed by atoms with Gasteiger partial charge in [0.15, 0.2) is 11.6 Å². The maximum absolute atomic E-state index is 14.9. The molecule has 1 N–H and O–H groups in total. The van der Waals surface area contributed by atoms with E-state index in [0.717, 1.165) is 28.8 Å². The van der Waals surface area contributed by atoms with E-state index in [1.54, 1.807) is 12.1 Å². The molecule has 0 unspecified atom stereocenters. The van der Waals surface area contributed by atoms with Crippen LogP contribution in [0.2, 0.25) is 0 Å². The molecule has 7 rings (SSSR count). The van der Waals surface area contributed by atoms with Gasteiger partial charge in [-0.2, -0.15) is 0 Å². The van der Waals surface area contributed by atoms with Gasteiger partial charge in [0, 0.05) is 22.5 Å². The van der Waals surface area contributed by atoms with Crippen molar-refractivity contribution in [1.82, 2.24) is 0 Å². The lowest BCUT2D eigenvalue weighted by atomic mass is 9.64. The number of amides is 1. The highest BCUT2D eigenvalue weighted by Crippen LogP contribution is 2.58. The number of carbonyl (C=O) groups excluding carboxylic acids is 3. The van der Waals surface area contributed by atoms with Crippen LogP contribution >= 0.6 is 0 Å². The van der Waals surface area contributed by atoms with Crippen molar-refractivity contribution in [3.8, 4) is 0 Å². The van der Waals surface area contributed by atoms with Gasteiger partial charge in [0.05, 0.1) is 12.0 Å². The average Bonchev–Trinajstić information content (AvgIpc) is 3.49. The van der Waals surface area contributed by atoms with E-state index >= 15 is 0 Å². The fourth-order valence-corrected chi connectivity index (χ4v) is 7.35. The summed E-state index contributed by atoms with van der Waals surface area (Å²) in [5, 5.41) is 3.09. The van der Waals surface area contributed by atoms with E-state index < -0.39 is 23.4 Å². The number of ketones is 2. The predicted octanol–water partition coefficient (Wildman–Crippen LogP) is 6.74. The van der Waals surface area contributed by atoms with Crippen molar-refractivity contribution < 1.29 is 14.4 Å². The fraction of sp³-hybridized carbons (Fsp3) is 0.216. The van der Waals surface area contributed by atoms with Gasteiger partial charge < -0.3 is 10.2 Å². The number of nitrogens with one attached hydrogen (secondary N) is 1. The Hall–Kier alpha value is -4.77. The molecule has 1 spiro atoms. The zero-order chi connectivity index (χ0) is 29.0. The average molecular weight is 553 g/mol. The Labute approximate surface area is 245 Å². The lowest BCUT2D eigenvalue weighted by molar-refractivity contribution is -0.121. The molecular weight excluding hydrogens is 520 g/mol. The van der Waals surface area contributed by atoms with Crippen LogP contribution in [0, 0.1) is 11.8 Å². The number of Topliss-reactive ketones (excluding diaryl/α,β-unsaturated/α-hetero) is 2. The first-order chi connectivity index (χ1) is 20.4. The molecule has 42 heavy (non-hydrogen) atoms. The SMILES string of the molecule is CC(C)Cc1ccc(C(=O)[C@@H]2[C@@H](C(=O)c3ccccc3)N3c4ccccc4C=C[C@@H]3[C@@]23C(=O)Nc2ccccc23)cc1. The van der Waals surface area contributed by atoms with Crippen molar-refractivity contribution in [1.29, 1.82) is 0 Å². The van der Waals surface area contributed by atoms with Crippen molar-refractivity contribution in [2.75, 3.05) is 10.2 Å². The van der Waals surface area contributed by atoms with Crippen LogP contribution in [0.15, 0.2) is 109 Å². The van der Waals surface area contributed by atoms with E-state index in [-0.39, 0.29) is 17.5 Å². The van der Waals surface area contributed by atoms with Gasteiger partial charge in [0.2, 0.25) is 5.91 Å². The molecule has 5 nitrogen and oxygen atoms in total. The van der Waals surface area contributed by atoms with Crippen LogP contribution in [-0.4, -0.2) is 29.6 Å². The highest BCUT2D eigenvalue weighted by Gasteiger charge is 2.70. The number of carbonyl (C=O) groups is 3. The minimum atomic E-state index is -1.30. The highest BCUT2D eigenvalue weighted by atomic mass is 16.2. The number of anilines is 2. The van der Waals surface area contributed by atoms with Gasteiger partial charge in [0.1, 0.15) is 11.5 Å². The first kappa shape index (κ1) is 26.1. The summed E-state index contributed by atoms with van der Waals surface area (Å²) in [6.07, 6.45) is 4.93. The molecule has 3 aliphatic rings. The van der Waals surface area contributed by atoms with E-state index in [1.807, 2.05) is 108 Å². The van der Waals surface area contributed by atoms with E-state index in [0.29, 0.717) is 22.7 Å². The van der Waals surface area contributed by atoms with Crippen LogP contribution in [0.4, 0.5) is 11.4 Å². The third-order valence-electron chi connectivity index (χ3n) is 9.03. The molecule has 1 amide bonds. The van der Waals surface area contributed by atoms with E-state index in [2.05, 4.69) is 19.2 Å². The quantitative estimate of drug-likeness (QED) is 0.269. The normalized spacial score (nSPS) is 23.5. The maximum Gasteiger partial charge on any atom is 0.238 e. The molecule has 3 heterocycles. The van der Waals surface area contributed by atoms with E-state index in [9.17, 15) is 14.4 Å². The number of fused-ring (bicyclic) bond motifs is 6. The van der Waals surface area contributed by atoms with Gasteiger partial charge >= 0.3 is 0 Å². The number of para-hydroxylation sites is 2. The van der Waals surface area contributed by atoms with Crippen LogP contribution in [0.5, 0.6) is 0 Å². The summed E-state index contributed by atoms with van der Waals surface area (Å²) in [6, 6.07) is 30.9. The second kappa shape index (κ2) is 9.95. The molecular formula is C37H32N2O3. The van der Waals surface area contributed by atoms with Gasteiger partial charge in [-0.1, -0.05) is 117 Å². The zero-order valence-corrected chi connectivity index (χ0v) is 23.7. The first-order valence-corrected chi connectivity index (χ1v) is 14.6. The summed E-state index contributed by atoms with van der Waals surface area (Å²) in [7, 11) is 0. The topological polar surface area (TPSA) is 66.5 Å². The summed E-state index contributed by atoms with van der Waals surface area (Å²) < 4.78 is 0. The fourth-order valence-electron chi connectivity index (χ4n) is 7.35. The van der Waals surface area contributed by atoms with Crippen LogP contribution < -0.4 is 10.2 Å². The molecule has 0 bridgehead atoms. The molecule has 0 aliphatic carbocycles. The lowest BCUT2D eigenvalue weighted by Gasteiger charge is -2.37. The first-order valence-electron chi connectivity index (χ1n) is 14.6. The molecule has 208 valence electrons. The summed E-state index contributed by atoms with van der Waals surface area (Å²) >= 11 is 0. The summed E-state index contributed by atoms with van der Waals surface area (Å²) in [4.78, 5) is 46.0. The second-order valence-electron chi connectivity index (χ2n) is 12.0. The molecule has 4 aromatic rings. The van der Waals surface area contributed by atoms with Crippen molar-refractivity contribution in [3.05, 3.63) is 137 Å². The Morgan fingerprint density at radius 1 is 0.810 bits per heavy atom. The minimum Gasteiger partial charge on any atom is -0.352 e. The van der Waals surface area contributed by atoms with Gasteiger partial charge in [0.25, 0.3) is 0 Å². The maximum atomic E-state index is 14.9. The standard InChI is InChI=1S/C37H32N2O3/c1-23(2)22-24-16-18-27(19-17-24)34(40)32-33(35(41)26-11-4-3-5-12-26)39-30-15-9-6-10-25(30)20-21-31(39)37(32)28-13-7-8-14-29(28)38-36(37)42/h3-21,23,31-33H,22H2,1-2H3,(H,38,42)/t31-,32+,33+,37-/m1/s1. The van der Waals surface area contributed by atoms with Crippen molar-refractivity contribution >= 4 is 34.9 Å². The Kier molecular flexibility index (Phi) is 6.19. The largest absolute Gasteiger partial charge is 0.352 e. The molecule has 0 radical (unpaired) electrons. The lowest BCUT2D eigenvalue weighted by Crippen LogP contribution is -2.51.